The molecule has 0 spiro atoms. The number of hydrogen-bond donors (Lipinski definition) is 1. The summed E-state index contributed by atoms with van der Waals surface area (Å²) in [5, 5.41) is 7.38. The Morgan fingerprint density at radius 2 is 2.19 bits per heavy atom. The number of carbonyl (C=O) groups excluding carboxylic acids is 1. The number of nitrogens with one attached hydrogen (secondary N) is 1. The summed E-state index contributed by atoms with van der Waals surface area (Å²) in [7, 11) is 0. The lowest BCUT2D eigenvalue weighted by atomic mass is 9.84. The van der Waals surface area contributed by atoms with Gasteiger partial charge in [-0.1, -0.05) is 12.8 Å². The zero-order valence-corrected chi connectivity index (χ0v) is 11.8. The Kier molecular flexibility index (Phi) is 2.98. The average Bonchev–Trinajstić information content (AvgIpc) is 3.07. The van der Waals surface area contributed by atoms with Gasteiger partial charge in [0.2, 0.25) is 0 Å². The highest BCUT2D eigenvalue weighted by Crippen LogP contribution is 2.42. The fourth-order valence-electron chi connectivity index (χ4n) is 3.70. The molecule has 4 rings (SSSR count). The molecule has 1 aliphatic carbocycles. The molecule has 5 nitrogen and oxygen atoms in total. The number of pyridine rings is 1. The van der Waals surface area contributed by atoms with Gasteiger partial charge in [0.25, 0.3) is 5.91 Å². The van der Waals surface area contributed by atoms with Crippen LogP contribution in [-0.4, -0.2) is 20.7 Å². The van der Waals surface area contributed by atoms with E-state index in [4.69, 9.17) is 0 Å². The van der Waals surface area contributed by atoms with Crippen molar-refractivity contribution < 1.29 is 4.79 Å². The molecule has 2 aromatic heterocycles. The van der Waals surface area contributed by atoms with E-state index in [-0.39, 0.29) is 5.91 Å². The molecule has 1 saturated carbocycles. The van der Waals surface area contributed by atoms with Crippen molar-refractivity contribution in [3.05, 3.63) is 42.0 Å². The Labute approximate surface area is 123 Å². The second-order valence-electron chi connectivity index (χ2n) is 5.96. The zero-order valence-electron chi connectivity index (χ0n) is 11.8. The molecule has 0 bridgehead atoms. The van der Waals surface area contributed by atoms with Gasteiger partial charge in [0, 0.05) is 6.20 Å². The molecule has 2 unspecified atom stereocenters. The Morgan fingerprint density at radius 3 is 3.05 bits per heavy atom. The van der Waals surface area contributed by atoms with Crippen LogP contribution in [0.3, 0.4) is 0 Å². The predicted molar refractivity (Wildman–Crippen MR) is 79.1 cm³/mol. The third-order valence-corrected chi connectivity index (χ3v) is 4.70. The van der Waals surface area contributed by atoms with Crippen molar-refractivity contribution in [3.8, 4) is 0 Å². The van der Waals surface area contributed by atoms with E-state index in [2.05, 4.69) is 20.1 Å². The third-order valence-electron chi connectivity index (χ3n) is 4.70. The standard InChI is InChI=1S/C16H18N4O/c21-16(19-12-5-3-7-17-9-12)13-10-18-20-14-6-2-1-4-11(14)8-15(13)20/h3,5,7,9-11,14H,1-2,4,6,8H2,(H,19,21). The zero-order chi connectivity index (χ0) is 14.2. The lowest BCUT2D eigenvalue weighted by Gasteiger charge is -2.25. The van der Waals surface area contributed by atoms with Gasteiger partial charge in [-0.2, -0.15) is 5.10 Å². The largest absolute Gasteiger partial charge is 0.320 e. The van der Waals surface area contributed by atoms with Crippen LogP contribution < -0.4 is 5.32 Å². The molecule has 0 aromatic carbocycles. The van der Waals surface area contributed by atoms with E-state index in [1.807, 2.05) is 12.1 Å². The first-order chi connectivity index (χ1) is 10.3. The van der Waals surface area contributed by atoms with Gasteiger partial charge in [0.1, 0.15) is 0 Å². The summed E-state index contributed by atoms with van der Waals surface area (Å²) < 4.78 is 2.10. The quantitative estimate of drug-likeness (QED) is 0.921. The molecule has 1 aliphatic heterocycles. The second kappa shape index (κ2) is 4.98. The summed E-state index contributed by atoms with van der Waals surface area (Å²) in [5.41, 5.74) is 2.54. The first kappa shape index (κ1) is 12.6. The lowest BCUT2D eigenvalue weighted by molar-refractivity contribution is 0.102. The Bertz CT molecular complexity index is 664. The minimum atomic E-state index is -0.0807. The number of nitrogens with zero attached hydrogens (tertiary/aromatic N) is 3. The Hall–Kier alpha value is -2.17. The lowest BCUT2D eigenvalue weighted by Crippen LogP contribution is -2.17. The Balaban J connectivity index is 1.59. The van der Waals surface area contributed by atoms with Gasteiger partial charge >= 0.3 is 0 Å². The average molecular weight is 282 g/mol. The molecule has 5 heteroatoms. The second-order valence-corrected chi connectivity index (χ2v) is 5.96. The minimum Gasteiger partial charge on any atom is -0.320 e. The summed E-state index contributed by atoms with van der Waals surface area (Å²) in [5.74, 6) is 0.593. The summed E-state index contributed by atoms with van der Waals surface area (Å²) >= 11 is 0. The van der Waals surface area contributed by atoms with Crippen molar-refractivity contribution in [3.63, 3.8) is 0 Å². The van der Waals surface area contributed by atoms with Crippen molar-refractivity contribution in [2.24, 2.45) is 5.92 Å². The molecule has 1 N–H and O–H groups in total. The van der Waals surface area contributed by atoms with Crippen LogP contribution in [0, 0.1) is 5.92 Å². The summed E-state index contributed by atoms with van der Waals surface area (Å²) in [6.07, 6.45) is 11.1. The molecule has 3 heterocycles. The maximum absolute atomic E-state index is 12.4. The molecule has 0 radical (unpaired) electrons. The molecule has 2 aliphatic rings. The van der Waals surface area contributed by atoms with Crippen LogP contribution in [0.15, 0.2) is 30.7 Å². The smallest absolute Gasteiger partial charge is 0.259 e. The van der Waals surface area contributed by atoms with Gasteiger partial charge in [-0.3, -0.25) is 14.5 Å². The van der Waals surface area contributed by atoms with Crippen molar-refractivity contribution in [2.45, 2.75) is 38.1 Å². The molecular weight excluding hydrogens is 264 g/mol. The minimum absolute atomic E-state index is 0.0807. The number of amides is 1. The summed E-state index contributed by atoms with van der Waals surface area (Å²) in [4.78, 5) is 16.5. The SMILES string of the molecule is O=C(Nc1cccnc1)c1cnn2c1CC1CCCCC12. The molecule has 108 valence electrons. The monoisotopic (exact) mass is 282 g/mol. The predicted octanol–water partition coefficient (Wildman–Crippen LogP) is 2.82. The fourth-order valence-corrected chi connectivity index (χ4v) is 3.70. The molecule has 2 aromatic rings. The van der Waals surface area contributed by atoms with Crippen molar-refractivity contribution in [1.82, 2.24) is 14.8 Å². The van der Waals surface area contributed by atoms with E-state index in [0.29, 0.717) is 17.5 Å². The first-order valence-electron chi connectivity index (χ1n) is 7.60. The highest BCUT2D eigenvalue weighted by atomic mass is 16.1. The Morgan fingerprint density at radius 1 is 1.29 bits per heavy atom. The van der Waals surface area contributed by atoms with E-state index < -0.39 is 0 Å². The normalized spacial score (nSPS) is 23.4. The molecule has 2 atom stereocenters. The van der Waals surface area contributed by atoms with Crippen LogP contribution in [0.25, 0.3) is 0 Å². The van der Waals surface area contributed by atoms with Crippen LogP contribution in [0.2, 0.25) is 0 Å². The molecule has 1 amide bonds. The van der Waals surface area contributed by atoms with E-state index in [1.165, 1.54) is 25.7 Å². The van der Waals surface area contributed by atoms with Crippen LogP contribution in [-0.2, 0) is 6.42 Å². The highest BCUT2D eigenvalue weighted by molar-refractivity contribution is 6.04. The molecule has 1 fully saturated rings. The van der Waals surface area contributed by atoms with Crippen LogP contribution in [0.5, 0.6) is 0 Å². The number of hydrogen-bond acceptors (Lipinski definition) is 3. The van der Waals surface area contributed by atoms with Crippen molar-refractivity contribution >= 4 is 11.6 Å². The maximum atomic E-state index is 12.4. The van der Waals surface area contributed by atoms with E-state index in [1.54, 1.807) is 18.6 Å². The maximum Gasteiger partial charge on any atom is 0.259 e. The van der Waals surface area contributed by atoms with Crippen LogP contribution in [0.4, 0.5) is 5.69 Å². The van der Waals surface area contributed by atoms with Gasteiger partial charge < -0.3 is 5.32 Å². The number of fused-ring (bicyclic) bond motifs is 3. The van der Waals surface area contributed by atoms with Crippen molar-refractivity contribution in [2.75, 3.05) is 5.32 Å². The first-order valence-corrected chi connectivity index (χ1v) is 7.60. The number of aromatic nitrogens is 3. The van der Waals surface area contributed by atoms with E-state index >= 15 is 0 Å². The fraction of sp³-hybridized carbons (Fsp3) is 0.438. The van der Waals surface area contributed by atoms with Gasteiger partial charge in [-0.25, -0.2) is 0 Å². The summed E-state index contributed by atoms with van der Waals surface area (Å²) in [6, 6.07) is 4.16. The summed E-state index contributed by atoms with van der Waals surface area (Å²) in [6.45, 7) is 0. The van der Waals surface area contributed by atoms with Gasteiger partial charge in [-0.15, -0.1) is 0 Å². The van der Waals surface area contributed by atoms with E-state index in [9.17, 15) is 4.79 Å². The number of rotatable bonds is 2. The number of anilines is 1. The topological polar surface area (TPSA) is 59.8 Å². The van der Waals surface area contributed by atoms with Crippen molar-refractivity contribution in [1.29, 1.82) is 0 Å². The molecule has 0 saturated heterocycles. The number of carbonyl (C=O) groups is 1. The van der Waals surface area contributed by atoms with Crippen LogP contribution in [0.1, 0.15) is 47.8 Å². The van der Waals surface area contributed by atoms with Gasteiger partial charge in [-0.05, 0) is 37.3 Å². The van der Waals surface area contributed by atoms with Gasteiger partial charge in [0.15, 0.2) is 0 Å². The van der Waals surface area contributed by atoms with Gasteiger partial charge in [0.05, 0.1) is 35.4 Å². The third kappa shape index (κ3) is 2.13. The molecular formula is C16H18N4O. The highest BCUT2D eigenvalue weighted by Gasteiger charge is 2.37. The van der Waals surface area contributed by atoms with E-state index in [0.717, 1.165) is 17.8 Å². The van der Waals surface area contributed by atoms with Crippen LogP contribution >= 0.6 is 0 Å². The molecule has 21 heavy (non-hydrogen) atoms.